The molecule has 0 bridgehead atoms. The molecule has 408 valence electrons. The molecule has 0 radical (unpaired) electrons. The summed E-state index contributed by atoms with van der Waals surface area (Å²) in [5.74, 6) is -4.12. The van der Waals surface area contributed by atoms with Crippen LogP contribution in [0.25, 0.3) is 0 Å². The smallest absolute Gasteiger partial charge is 0.326 e. The van der Waals surface area contributed by atoms with Crippen molar-refractivity contribution in [2.45, 2.75) is 160 Å². The summed E-state index contributed by atoms with van der Waals surface area (Å²) in [5, 5.41) is 39.5. The fraction of sp³-hybridized carbons (Fsp3) is 0.809. The zero-order valence-corrected chi connectivity index (χ0v) is 43.0. The lowest BCUT2D eigenvalue weighted by molar-refractivity contribution is -0.142. The van der Waals surface area contributed by atoms with Gasteiger partial charge in [-0.15, -0.1) is 0 Å². The summed E-state index contributed by atoms with van der Waals surface area (Å²) in [7, 11) is 1.57. The van der Waals surface area contributed by atoms with Gasteiger partial charge in [-0.3, -0.25) is 33.6 Å². The number of rotatable bonds is 47. The highest BCUT2D eigenvalue weighted by Gasteiger charge is 2.21. The molecule has 3 atom stereocenters. The SMILES string of the molecule is CC.CNC(CSC)C(=O)F.O=CC(CCC(=O)O)NC(=O)COCCOCCNC(=O)COCCOCCNC(=O)CC[C@H](NC(=O)CCCCCCCCCCCCCCCCC(=O)O)C(=O)O. The van der Waals surface area contributed by atoms with Gasteiger partial charge in [0.15, 0.2) is 0 Å². The Morgan fingerprint density at radius 2 is 0.971 bits per heavy atom. The topological polar surface area (TPSA) is 311 Å². The Kier molecular flexibility index (Phi) is 52.5. The van der Waals surface area contributed by atoms with Crippen LogP contribution in [0.3, 0.4) is 0 Å². The molecule has 0 aliphatic carbocycles. The van der Waals surface area contributed by atoms with Gasteiger partial charge < -0.3 is 65.6 Å². The van der Waals surface area contributed by atoms with E-state index in [-0.39, 0.29) is 122 Å². The standard InChI is InChI=1S/C40H70N4O15.C5H10FNOS.C2H6/c45-29-32(17-20-39(52)53)43-37(49)31-59-28-26-57-24-22-42-36(48)30-58-27-25-56-23-21-41-34(46)19-18-33(40(54)55)44-35(47)15-13-11-9-7-5-3-1-2-4-6-8-10-12-14-16-38(50)51;1-7-4(3-9-2)5(6)8;1-2/h29,32-33H,1-28,30-31H2,(H,41,46)(H,42,48)(H,43,49)(H,44,47)(H,50,51)(H,52,53)(H,54,55);4,7H,3H2,1-2H3;1-2H3/t32?,33-;;/m0../s1. The van der Waals surface area contributed by atoms with Gasteiger partial charge in [0.2, 0.25) is 23.6 Å². The lowest BCUT2D eigenvalue weighted by atomic mass is 10.0. The van der Waals surface area contributed by atoms with Crippen LogP contribution >= 0.6 is 11.8 Å². The Morgan fingerprint density at radius 3 is 1.39 bits per heavy atom. The molecule has 0 aliphatic heterocycles. The molecule has 0 fully saturated rings. The fourth-order valence-electron chi connectivity index (χ4n) is 6.05. The van der Waals surface area contributed by atoms with E-state index in [0.717, 1.165) is 44.9 Å². The van der Waals surface area contributed by atoms with E-state index in [1.54, 1.807) is 7.05 Å². The minimum atomic E-state index is -1.29. The molecule has 0 spiro atoms. The van der Waals surface area contributed by atoms with Crippen LogP contribution in [-0.2, 0) is 62.1 Å². The number of hydrogen-bond acceptors (Lipinski definition) is 15. The van der Waals surface area contributed by atoms with Crippen LogP contribution < -0.4 is 26.6 Å². The van der Waals surface area contributed by atoms with Gasteiger partial charge in [-0.2, -0.15) is 16.2 Å². The molecule has 0 aromatic heterocycles. The predicted octanol–water partition coefficient (Wildman–Crippen LogP) is 3.97. The molecule has 0 saturated heterocycles. The van der Waals surface area contributed by atoms with E-state index >= 15 is 0 Å². The highest BCUT2D eigenvalue weighted by molar-refractivity contribution is 7.98. The van der Waals surface area contributed by atoms with Crippen molar-refractivity contribution in [1.29, 1.82) is 0 Å². The van der Waals surface area contributed by atoms with Crippen molar-refractivity contribution in [3.63, 3.8) is 0 Å². The monoisotopic (exact) mass is 1030 g/mol. The van der Waals surface area contributed by atoms with Crippen LogP contribution in [0.5, 0.6) is 0 Å². The van der Waals surface area contributed by atoms with E-state index in [9.17, 15) is 52.6 Å². The van der Waals surface area contributed by atoms with Crippen LogP contribution in [0.4, 0.5) is 4.39 Å². The molecular weight excluding hydrogens is 942 g/mol. The number of carboxylic acid groups (broad SMARTS) is 3. The van der Waals surface area contributed by atoms with Gasteiger partial charge in [-0.1, -0.05) is 90.9 Å². The number of carboxylic acids is 3. The molecule has 0 saturated carbocycles. The second-order valence-electron chi connectivity index (χ2n) is 15.7. The quantitative estimate of drug-likeness (QED) is 0.0243. The van der Waals surface area contributed by atoms with E-state index in [1.807, 2.05) is 20.1 Å². The van der Waals surface area contributed by atoms with Crippen molar-refractivity contribution in [3.8, 4) is 0 Å². The number of halogens is 1. The van der Waals surface area contributed by atoms with Crippen LogP contribution in [0.1, 0.15) is 142 Å². The van der Waals surface area contributed by atoms with E-state index in [4.69, 9.17) is 29.2 Å². The molecule has 0 aromatic rings. The number of carbonyl (C=O) groups excluding carboxylic acids is 6. The highest BCUT2D eigenvalue weighted by Crippen LogP contribution is 2.14. The van der Waals surface area contributed by atoms with Gasteiger partial charge >= 0.3 is 23.9 Å². The fourth-order valence-corrected chi connectivity index (χ4v) is 6.68. The number of amides is 4. The maximum Gasteiger partial charge on any atom is 0.326 e. The second kappa shape index (κ2) is 52.5. The normalized spacial score (nSPS) is 11.8. The summed E-state index contributed by atoms with van der Waals surface area (Å²) < 4.78 is 32.9. The maximum atomic E-state index is 12.3. The molecular formula is C47H86FN5O16S. The lowest BCUT2D eigenvalue weighted by Crippen LogP contribution is -2.41. The minimum Gasteiger partial charge on any atom is -0.481 e. The number of nitrogens with one attached hydrogen (secondary N) is 5. The average Bonchev–Trinajstić information content (AvgIpc) is 3.32. The van der Waals surface area contributed by atoms with Gasteiger partial charge in [0.1, 0.15) is 31.6 Å². The van der Waals surface area contributed by atoms with Crippen LogP contribution in [0.2, 0.25) is 0 Å². The third-order valence-electron chi connectivity index (χ3n) is 9.82. The lowest BCUT2D eigenvalue weighted by Gasteiger charge is -2.14. The Labute approximate surface area is 418 Å². The molecule has 0 rings (SSSR count). The summed E-state index contributed by atoms with van der Waals surface area (Å²) in [4.78, 5) is 102. The molecule has 21 nitrogen and oxygen atoms in total. The van der Waals surface area contributed by atoms with E-state index in [2.05, 4.69) is 26.6 Å². The van der Waals surface area contributed by atoms with Crippen molar-refractivity contribution in [3.05, 3.63) is 0 Å². The second-order valence-corrected chi connectivity index (χ2v) is 16.6. The van der Waals surface area contributed by atoms with Gasteiger partial charge in [0.25, 0.3) is 0 Å². The molecule has 0 aliphatic rings. The number of hydrogen-bond donors (Lipinski definition) is 8. The number of thioether (sulfide) groups is 1. The molecule has 8 N–H and O–H groups in total. The van der Waals surface area contributed by atoms with Gasteiger partial charge in [0, 0.05) is 44.5 Å². The molecule has 0 aromatic carbocycles. The number of ether oxygens (including phenoxy) is 4. The number of likely N-dealkylation sites (N-methyl/N-ethyl adjacent to an activating group) is 1. The largest absolute Gasteiger partial charge is 0.481 e. The maximum absolute atomic E-state index is 12.3. The minimum absolute atomic E-state index is 0.0144. The zero-order chi connectivity index (χ0) is 53.0. The van der Waals surface area contributed by atoms with Crippen LogP contribution in [-0.4, -0.2) is 172 Å². The van der Waals surface area contributed by atoms with E-state index in [1.165, 1.54) is 50.3 Å². The van der Waals surface area contributed by atoms with E-state index in [0.29, 0.717) is 18.5 Å². The first-order chi connectivity index (χ1) is 33.7. The summed E-state index contributed by atoms with van der Waals surface area (Å²) in [6, 6.07) is -3.96. The van der Waals surface area contributed by atoms with Gasteiger partial charge in [-0.25, -0.2) is 4.79 Å². The Balaban J connectivity index is -0.00000363. The van der Waals surface area contributed by atoms with Crippen molar-refractivity contribution >= 4 is 65.6 Å². The first-order valence-electron chi connectivity index (χ1n) is 24.6. The first kappa shape index (κ1) is 70.0. The molecule has 23 heteroatoms. The van der Waals surface area contributed by atoms with Crippen LogP contribution in [0.15, 0.2) is 0 Å². The summed E-state index contributed by atoms with van der Waals surface area (Å²) in [6.45, 7) is 4.82. The van der Waals surface area contributed by atoms with Gasteiger partial charge in [-0.05, 0) is 39.0 Å². The average molecular weight is 1030 g/mol. The number of carbonyl (C=O) groups is 9. The molecule has 4 amide bonds. The third kappa shape index (κ3) is 51.6. The van der Waals surface area contributed by atoms with Crippen molar-refractivity contribution in [2.24, 2.45) is 0 Å². The Bertz CT molecular complexity index is 1400. The van der Waals surface area contributed by atoms with Crippen molar-refractivity contribution in [2.75, 3.05) is 85.0 Å². The highest BCUT2D eigenvalue weighted by atomic mass is 32.2. The van der Waals surface area contributed by atoms with Gasteiger partial charge in [0.05, 0.1) is 45.7 Å². The van der Waals surface area contributed by atoms with Crippen molar-refractivity contribution < 1.29 is 81.8 Å². The number of aliphatic carboxylic acids is 3. The third-order valence-corrected chi connectivity index (χ3v) is 10.5. The Hall–Kier alpha value is -4.29. The zero-order valence-electron chi connectivity index (χ0n) is 42.2. The summed E-state index contributed by atoms with van der Waals surface area (Å²) >= 11 is 1.44. The van der Waals surface area contributed by atoms with Crippen LogP contribution in [0, 0.1) is 0 Å². The predicted molar refractivity (Wildman–Crippen MR) is 263 cm³/mol. The Morgan fingerprint density at radius 1 is 0.529 bits per heavy atom. The summed E-state index contributed by atoms with van der Waals surface area (Å²) in [6.07, 6.45) is 17.4. The summed E-state index contributed by atoms with van der Waals surface area (Å²) in [5.41, 5.74) is 0. The number of aldehydes is 1. The first-order valence-corrected chi connectivity index (χ1v) is 26.0. The molecule has 2 unspecified atom stereocenters. The number of unbranched alkanes of at least 4 members (excludes halogenated alkanes) is 13. The van der Waals surface area contributed by atoms with Crippen molar-refractivity contribution in [1.82, 2.24) is 26.6 Å². The van der Waals surface area contributed by atoms with E-state index < -0.39 is 48.0 Å². The molecule has 70 heavy (non-hydrogen) atoms. The molecule has 0 heterocycles.